The topological polar surface area (TPSA) is 92.6 Å². The monoisotopic (exact) mass is 277 g/mol. The molecule has 1 aliphatic heterocycles. The molecule has 1 aromatic rings. The second-order valence-electron chi connectivity index (χ2n) is 4.60. The number of hydrogen-bond donors (Lipinski definition) is 1. The first-order valence-corrected chi connectivity index (χ1v) is 6.30. The molecular weight excluding hydrogens is 262 g/mol. The molecule has 7 nitrogen and oxygen atoms in total. The second kappa shape index (κ2) is 5.68. The molecule has 2 rings (SSSR count). The Balaban J connectivity index is 2.33. The smallest absolute Gasteiger partial charge is 0.280 e. The number of ketones is 1. The first kappa shape index (κ1) is 14.0. The van der Waals surface area contributed by atoms with Gasteiger partial charge < -0.3 is 10.2 Å². The molecular formula is C13H15N3O4. The summed E-state index contributed by atoms with van der Waals surface area (Å²) in [7, 11) is 0. The fraction of sp³-hybridized carbons (Fsp3) is 0.385. The van der Waals surface area contributed by atoms with E-state index in [1.165, 1.54) is 19.1 Å². The average molecular weight is 277 g/mol. The molecule has 0 spiro atoms. The van der Waals surface area contributed by atoms with Crippen LogP contribution in [0.2, 0.25) is 0 Å². The van der Waals surface area contributed by atoms with Crippen LogP contribution in [0.5, 0.6) is 0 Å². The number of rotatable bonds is 3. The Hall–Kier alpha value is -2.44. The van der Waals surface area contributed by atoms with E-state index < -0.39 is 4.92 Å². The number of hydrogen-bond acceptors (Lipinski definition) is 5. The number of nitro groups is 1. The lowest BCUT2D eigenvalue weighted by molar-refractivity contribution is -0.385. The van der Waals surface area contributed by atoms with Crippen molar-refractivity contribution in [1.29, 1.82) is 0 Å². The van der Waals surface area contributed by atoms with Gasteiger partial charge >= 0.3 is 0 Å². The number of anilines is 1. The summed E-state index contributed by atoms with van der Waals surface area (Å²) in [4.78, 5) is 35.1. The van der Waals surface area contributed by atoms with E-state index in [2.05, 4.69) is 5.32 Å². The van der Waals surface area contributed by atoms with Gasteiger partial charge in [0.15, 0.2) is 5.78 Å². The predicted octanol–water partition coefficient (Wildman–Crippen LogP) is 1.12. The summed E-state index contributed by atoms with van der Waals surface area (Å²) < 4.78 is 0. The molecule has 1 aliphatic rings. The third-order valence-electron chi connectivity index (χ3n) is 3.23. The van der Waals surface area contributed by atoms with Gasteiger partial charge in [0.05, 0.1) is 10.5 Å². The fourth-order valence-electron chi connectivity index (χ4n) is 2.19. The number of carbonyl (C=O) groups excluding carboxylic acids is 2. The zero-order valence-electron chi connectivity index (χ0n) is 11.1. The van der Waals surface area contributed by atoms with E-state index in [1.807, 2.05) is 4.90 Å². The summed E-state index contributed by atoms with van der Waals surface area (Å²) in [5.74, 6) is -0.358. The molecule has 106 valence electrons. The van der Waals surface area contributed by atoms with Crippen LogP contribution in [0.15, 0.2) is 18.2 Å². The molecule has 0 unspecified atom stereocenters. The molecule has 0 radical (unpaired) electrons. The molecule has 0 aromatic heterocycles. The summed E-state index contributed by atoms with van der Waals surface area (Å²) in [5, 5.41) is 13.7. The van der Waals surface area contributed by atoms with Crippen LogP contribution in [-0.4, -0.2) is 36.2 Å². The molecule has 0 aliphatic carbocycles. The summed E-state index contributed by atoms with van der Waals surface area (Å²) in [5.41, 5.74) is 0.624. The van der Waals surface area contributed by atoms with E-state index in [1.54, 1.807) is 6.07 Å². The van der Waals surface area contributed by atoms with Crippen LogP contribution in [0.1, 0.15) is 23.7 Å². The lowest BCUT2D eigenvalue weighted by atomic mass is 10.1. The number of Topliss-reactive ketones (excluding diaryl/α,β-unsaturated/α-hetero) is 1. The van der Waals surface area contributed by atoms with Gasteiger partial charge in [0.2, 0.25) is 5.91 Å². The molecule has 1 N–H and O–H groups in total. The van der Waals surface area contributed by atoms with Crippen molar-refractivity contribution in [2.45, 2.75) is 13.3 Å². The van der Waals surface area contributed by atoms with Gasteiger partial charge in [-0.25, -0.2) is 0 Å². The molecule has 0 bridgehead atoms. The Bertz CT molecular complexity index is 571. The Morgan fingerprint density at radius 3 is 2.80 bits per heavy atom. The van der Waals surface area contributed by atoms with Gasteiger partial charge in [-0.3, -0.25) is 19.7 Å². The molecule has 7 heteroatoms. The van der Waals surface area contributed by atoms with Crippen LogP contribution in [0.3, 0.4) is 0 Å². The van der Waals surface area contributed by atoms with Gasteiger partial charge in [0, 0.05) is 37.8 Å². The number of amides is 1. The number of nitro benzene ring substituents is 1. The van der Waals surface area contributed by atoms with E-state index in [4.69, 9.17) is 0 Å². The van der Waals surface area contributed by atoms with Crippen molar-refractivity contribution >= 4 is 23.1 Å². The fourth-order valence-corrected chi connectivity index (χ4v) is 2.19. The molecule has 1 saturated heterocycles. The van der Waals surface area contributed by atoms with Gasteiger partial charge in [-0.05, 0) is 19.1 Å². The van der Waals surface area contributed by atoms with E-state index in [0.29, 0.717) is 26.1 Å². The zero-order valence-corrected chi connectivity index (χ0v) is 11.1. The first-order valence-electron chi connectivity index (χ1n) is 6.30. The summed E-state index contributed by atoms with van der Waals surface area (Å²) in [6.07, 6.45) is 0.367. The van der Waals surface area contributed by atoms with Crippen LogP contribution in [0.25, 0.3) is 0 Å². The van der Waals surface area contributed by atoms with Crippen LogP contribution in [0.4, 0.5) is 11.4 Å². The van der Waals surface area contributed by atoms with Crippen molar-refractivity contribution in [1.82, 2.24) is 5.32 Å². The molecule has 1 heterocycles. The van der Waals surface area contributed by atoms with Gasteiger partial charge in [-0.2, -0.15) is 0 Å². The van der Waals surface area contributed by atoms with Crippen molar-refractivity contribution in [3.63, 3.8) is 0 Å². The molecule has 0 atom stereocenters. The number of carbonyl (C=O) groups is 2. The minimum atomic E-state index is -0.561. The SMILES string of the molecule is CC(=O)c1cc(N2CCNC(=O)CC2)ccc1[N+](=O)[O-]. The molecule has 1 amide bonds. The Morgan fingerprint density at radius 1 is 1.40 bits per heavy atom. The van der Waals surface area contributed by atoms with Crippen LogP contribution >= 0.6 is 0 Å². The highest BCUT2D eigenvalue weighted by molar-refractivity contribution is 5.99. The van der Waals surface area contributed by atoms with Crippen molar-refractivity contribution < 1.29 is 14.5 Å². The van der Waals surface area contributed by atoms with E-state index >= 15 is 0 Å². The summed E-state index contributed by atoms with van der Waals surface area (Å²) in [6.45, 7) is 2.97. The van der Waals surface area contributed by atoms with Crippen molar-refractivity contribution in [2.24, 2.45) is 0 Å². The zero-order chi connectivity index (χ0) is 14.7. The van der Waals surface area contributed by atoms with Crippen LogP contribution in [-0.2, 0) is 4.79 Å². The van der Waals surface area contributed by atoms with Crippen molar-refractivity contribution in [3.8, 4) is 0 Å². The third kappa shape index (κ3) is 2.93. The predicted molar refractivity (Wildman–Crippen MR) is 72.9 cm³/mol. The summed E-state index contributed by atoms with van der Waals surface area (Å²) in [6, 6.07) is 4.48. The van der Waals surface area contributed by atoms with Gasteiger partial charge in [0.25, 0.3) is 5.69 Å². The third-order valence-corrected chi connectivity index (χ3v) is 3.23. The van der Waals surface area contributed by atoms with Gasteiger partial charge in [-0.15, -0.1) is 0 Å². The van der Waals surface area contributed by atoms with Gasteiger partial charge in [0.1, 0.15) is 0 Å². The maximum absolute atomic E-state index is 11.5. The maximum Gasteiger partial charge on any atom is 0.280 e. The van der Waals surface area contributed by atoms with E-state index in [0.717, 1.165) is 5.69 Å². The van der Waals surface area contributed by atoms with Crippen molar-refractivity contribution in [3.05, 3.63) is 33.9 Å². The molecule has 1 aromatic carbocycles. The molecule has 20 heavy (non-hydrogen) atoms. The number of nitrogens with one attached hydrogen (secondary N) is 1. The number of benzene rings is 1. The second-order valence-corrected chi connectivity index (χ2v) is 4.60. The minimum absolute atomic E-state index is 0.0128. The lowest BCUT2D eigenvalue weighted by Gasteiger charge is -2.22. The highest BCUT2D eigenvalue weighted by atomic mass is 16.6. The maximum atomic E-state index is 11.5. The van der Waals surface area contributed by atoms with Crippen LogP contribution < -0.4 is 10.2 Å². The Kier molecular flexibility index (Phi) is 3.97. The van der Waals surface area contributed by atoms with E-state index in [9.17, 15) is 19.7 Å². The Labute approximate surface area is 115 Å². The average Bonchev–Trinajstić information content (AvgIpc) is 2.62. The molecule has 1 fully saturated rings. The lowest BCUT2D eigenvalue weighted by Crippen LogP contribution is -2.28. The van der Waals surface area contributed by atoms with Gasteiger partial charge in [-0.1, -0.05) is 0 Å². The summed E-state index contributed by atoms with van der Waals surface area (Å²) >= 11 is 0. The molecule has 0 saturated carbocycles. The number of nitrogens with zero attached hydrogens (tertiary/aromatic N) is 2. The van der Waals surface area contributed by atoms with Crippen LogP contribution in [0, 0.1) is 10.1 Å². The van der Waals surface area contributed by atoms with E-state index in [-0.39, 0.29) is 22.9 Å². The Morgan fingerprint density at radius 2 is 2.15 bits per heavy atom. The highest BCUT2D eigenvalue weighted by Crippen LogP contribution is 2.25. The minimum Gasteiger partial charge on any atom is -0.369 e. The normalized spacial score (nSPS) is 15.4. The highest BCUT2D eigenvalue weighted by Gasteiger charge is 2.20. The first-order chi connectivity index (χ1) is 9.49. The van der Waals surface area contributed by atoms with Crippen molar-refractivity contribution in [2.75, 3.05) is 24.5 Å². The quantitative estimate of drug-likeness (QED) is 0.508. The largest absolute Gasteiger partial charge is 0.369 e. The standard InChI is InChI=1S/C13H15N3O4/c1-9(17)11-8-10(2-3-12(11)16(19)20)15-6-4-13(18)14-5-7-15/h2-3,8H,4-7H2,1H3,(H,14,18).